The molecule has 2 amide bonds. The number of hydrogen-bond acceptors (Lipinski definition) is 3. The molecule has 0 radical (unpaired) electrons. The molecule has 15 heavy (non-hydrogen) atoms. The first-order valence-electron chi connectivity index (χ1n) is 4.85. The van der Waals surface area contributed by atoms with Crippen LogP contribution in [0.2, 0.25) is 0 Å². The third kappa shape index (κ3) is 6.73. The maximum Gasteiger partial charge on any atom is 0.325 e. The van der Waals surface area contributed by atoms with E-state index in [4.69, 9.17) is 9.84 Å². The van der Waals surface area contributed by atoms with Crippen molar-refractivity contribution < 1.29 is 19.4 Å². The maximum absolute atomic E-state index is 11.2. The van der Waals surface area contributed by atoms with Crippen LogP contribution in [0.15, 0.2) is 0 Å². The number of carbonyl (C=O) groups excluding carboxylic acids is 1. The van der Waals surface area contributed by atoms with Crippen LogP contribution in [0.25, 0.3) is 0 Å². The summed E-state index contributed by atoms with van der Waals surface area (Å²) in [6.07, 6.45) is 0. The second-order valence-corrected chi connectivity index (χ2v) is 3.24. The van der Waals surface area contributed by atoms with Crippen LogP contribution in [0.4, 0.5) is 4.79 Å². The molecule has 6 heteroatoms. The van der Waals surface area contributed by atoms with Crippen molar-refractivity contribution in [2.45, 2.75) is 32.9 Å². The summed E-state index contributed by atoms with van der Waals surface area (Å²) in [6.45, 7) is 6.03. The summed E-state index contributed by atoms with van der Waals surface area (Å²) in [5, 5.41) is 13.4. The Kier molecular flexibility index (Phi) is 6.44. The summed E-state index contributed by atoms with van der Waals surface area (Å²) < 4.78 is 5.09. The van der Waals surface area contributed by atoms with Crippen LogP contribution in [0.3, 0.4) is 0 Å². The third-order valence-corrected chi connectivity index (χ3v) is 1.67. The van der Waals surface area contributed by atoms with Crippen molar-refractivity contribution in [3.8, 4) is 0 Å². The minimum atomic E-state index is -1.07. The Morgan fingerprint density at radius 3 is 2.40 bits per heavy atom. The molecule has 0 saturated heterocycles. The number of amides is 2. The van der Waals surface area contributed by atoms with Crippen LogP contribution < -0.4 is 10.6 Å². The average molecular weight is 218 g/mol. The van der Waals surface area contributed by atoms with Gasteiger partial charge in [-0.05, 0) is 20.8 Å². The van der Waals surface area contributed by atoms with Crippen molar-refractivity contribution in [2.24, 2.45) is 0 Å². The van der Waals surface area contributed by atoms with E-state index < -0.39 is 18.0 Å². The van der Waals surface area contributed by atoms with E-state index in [0.717, 1.165) is 0 Å². The van der Waals surface area contributed by atoms with Crippen molar-refractivity contribution in [1.29, 1.82) is 0 Å². The molecule has 0 rings (SSSR count). The molecule has 0 aliphatic rings. The Labute approximate surface area is 89.0 Å². The Hall–Kier alpha value is -1.30. The highest BCUT2D eigenvalue weighted by atomic mass is 16.5. The Bertz CT molecular complexity index is 220. The smallest absolute Gasteiger partial charge is 0.325 e. The van der Waals surface area contributed by atoms with Gasteiger partial charge in [-0.2, -0.15) is 0 Å². The fraction of sp³-hybridized carbons (Fsp3) is 0.778. The van der Waals surface area contributed by atoms with Crippen LogP contribution in [0.5, 0.6) is 0 Å². The second kappa shape index (κ2) is 7.05. The van der Waals surface area contributed by atoms with E-state index in [1.165, 1.54) is 6.92 Å². The zero-order chi connectivity index (χ0) is 11.8. The van der Waals surface area contributed by atoms with Crippen LogP contribution in [0.1, 0.15) is 20.8 Å². The van der Waals surface area contributed by atoms with Crippen molar-refractivity contribution in [3.63, 3.8) is 0 Å². The molecule has 0 aliphatic heterocycles. The highest BCUT2D eigenvalue weighted by Gasteiger charge is 2.14. The van der Waals surface area contributed by atoms with E-state index in [1.807, 2.05) is 6.92 Å². The molecule has 0 aromatic heterocycles. The van der Waals surface area contributed by atoms with Gasteiger partial charge in [0.1, 0.15) is 6.04 Å². The molecule has 0 saturated carbocycles. The standard InChI is InChI=1S/C9H18N2O4/c1-4-15-5-6(2)10-9(14)11-7(3)8(12)13/h6-7H,4-5H2,1-3H3,(H,12,13)(H2,10,11,14)/t6?,7-/m0/s1. The van der Waals surface area contributed by atoms with E-state index in [2.05, 4.69) is 10.6 Å². The molecular formula is C9H18N2O4. The summed E-state index contributed by atoms with van der Waals surface area (Å²) in [4.78, 5) is 21.6. The first-order chi connectivity index (χ1) is 6.97. The molecule has 2 atom stereocenters. The highest BCUT2D eigenvalue weighted by Crippen LogP contribution is 1.86. The molecular weight excluding hydrogens is 200 g/mol. The van der Waals surface area contributed by atoms with Gasteiger partial charge >= 0.3 is 12.0 Å². The SMILES string of the molecule is CCOCC(C)NC(=O)N[C@@H](C)C(=O)O. The number of urea groups is 1. The molecule has 88 valence electrons. The van der Waals surface area contributed by atoms with Gasteiger partial charge < -0.3 is 20.5 Å². The molecule has 6 nitrogen and oxygen atoms in total. The molecule has 0 fully saturated rings. The summed E-state index contributed by atoms with van der Waals surface area (Å²) in [6, 6.07) is -1.55. The number of carboxylic acid groups (broad SMARTS) is 1. The van der Waals surface area contributed by atoms with E-state index in [-0.39, 0.29) is 6.04 Å². The lowest BCUT2D eigenvalue weighted by Crippen LogP contribution is -2.48. The molecule has 3 N–H and O–H groups in total. The Morgan fingerprint density at radius 1 is 1.33 bits per heavy atom. The van der Waals surface area contributed by atoms with Crippen LogP contribution in [-0.4, -0.2) is 42.4 Å². The van der Waals surface area contributed by atoms with Gasteiger partial charge in [0.25, 0.3) is 0 Å². The van der Waals surface area contributed by atoms with Crippen LogP contribution in [-0.2, 0) is 9.53 Å². The monoisotopic (exact) mass is 218 g/mol. The van der Waals surface area contributed by atoms with E-state index in [9.17, 15) is 9.59 Å². The lowest BCUT2D eigenvalue weighted by molar-refractivity contribution is -0.138. The number of aliphatic carboxylic acids is 1. The van der Waals surface area contributed by atoms with Gasteiger partial charge in [-0.1, -0.05) is 0 Å². The van der Waals surface area contributed by atoms with Gasteiger partial charge in [0.15, 0.2) is 0 Å². The summed E-state index contributed by atoms with van der Waals surface area (Å²) >= 11 is 0. The van der Waals surface area contributed by atoms with Gasteiger partial charge in [0, 0.05) is 6.61 Å². The van der Waals surface area contributed by atoms with E-state index in [1.54, 1.807) is 6.92 Å². The van der Waals surface area contributed by atoms with Gasteiger partial charge in [-0.25, -0.2) is 4.79 Å². The number of nitrogens with one attached hydrogen (secondary N) is 2. The molecule has 0 spiro atoms. The lowest BCUT2D eigenvalue weighted by Gasteiger charge is -2.15. The lowest BCUT2D eigenvalue weighted by atomic mass is 10.3. The number of ether oxygens (including phenoxy) is 1. The first kappa shape index (κ1) is 13.7. The average Bonchev–Trinajstić information content (AvgIpc) is 2.14. The quantitative estimate of drug-likeness (QED) is 0.593. The number of rotatable bonds is 6. The van der Waals surface area contributed by atoms with E-state index in [0.29, 0.717) is 13.2 Å². The molecule has 0 bridgehead atoms. The Balaban J connectivity index is 3.77. The van der Waals surface area contributed by atoms with Gasteiger partial charge in [0.2, 0.25) is 0 Å². The number of hydrogen-bond donors (Lipinski definition) is 3. The topological polar surface area (TPSA) is 87.7 Å². The predicted octanol–water partition coefficient (Wildman–Crippen LogP) is 0.184. The third-order valence-electron chi connectivity index (χ3n) is 1.67. The van der Waals surface area contributed by atoms with Crippen LogP contribution in [0, 0.1) is 0 Å². The van der Waals surface area contributed by atoms with Gasteiger partial charge in [-0.15, -0.1) is 0 Å². The molecule has 0 aliphatic carbocycles. The van der Waals surface area contributed by atoms with Crippen molar-refractivity contribution >= 4 is 12.0 Å². The molecule has 0 aromatic carbocycles. The molecule has 0 heterocycles. The normalized spacial score (nSPS) is 14.1. The maximum atomic E-state index is 11.2. The highest BCUT2D eigenvalue weighted by molar-refractivity contribution is 5.82. The van der Waals surface area contributed by atoms with Gasteiger partial charge in [-0.3, -0.25) is 4.79 Å². The summed E-state index contributed by atoms with van der Waals surface area (Å²) in [5.74, 6) is -1.07. The fourth-order valence-electron chi connectivity index (χ4n) is 0.860. The van der Waals surface area contributed by atoms with Crippen LogP contribution >= 0.6 is 0 Å². The summed E-state index contributed by atoms with van der Waals surface area (Å²) in [7, 11) is 0. The fourth-order valence-corrected chi connectivity index (χ4v) is 0.860. The minimum absolute atomic E-state index is 0.147. The molecule has 1 unspecified atom stereocenters. The molecule has 0 aromatic rings. The zero-order valence-corrected chi connectivity index (χ0v) is 9.24. The largest absolute Gasteiger partial charge is 0.480 e. The van der Waals surface area contributed by atoms with E-state index >= 15 is 0 Å². The zero-order valence-electron chi connectivity index (χ0n) is 9.24. The van der Waals surface area contributed by atoms with Crippen molar-refractivity contribution in [1.82, 2.24) is 10.6 Å². The van der Waals surface area contributed by atoms with Crippen molar-refractivity contribution in [3.05, 3.63) is 0 Å². The number of carbonyl (C=O) groups is 2. The van der Waals surface area contributed by atoms with Gasteiger partial charge in [0.05, 0.1) is 12.6 Å². The predicted molar refractivity (Wildman–Crippen MR) is 54.7 cm³/mol. The first-order valence-corrected chi connectivity index (χ1v) is 4.85. The Morgan fingerprint density at radius 2 is 1.93 bits per heavy atom. The van der Waals surface area contributed by atoms with Crippen molar-refractivity contribution in [2.75, 3.05) is 13.2 Å². The minimum Gasteiger partial charge on any atom is -0.480 e. The number of carboxylic acids is 1. The summed E-state index contributed by atoms with van der Waals surface area (Å²) in [5.41, 5.74) is 0. The second-order valence-electron chi connectivity index (χ2n) is 3.24.